The summed E-state index contributed by atoms with van der Waals surface area (Å²) in [6.45, 7) is 7.85. The lowest BCUT2D eigenvalue weighted by atomic mass is 9.98. The number of ether oxygens (including phenoxy) is 14. The smallest absolute Gasteiger partial charge is 0.407 e. The van der Waals surface area contributed by atoms with E-state index in [1.54, 1.807) is 13.8 Å². The minimum Gasteiger partial charge on any atom is -0.463 e. The molecular formula is C35H52N2O22. The van der Waals surface area contributed by atoms with Crippen molar-refractivity contribution in [3.05, 3.63) is 0 Å². The van der Waals surface area contributed by atoms with Gasteiger partial charge in [-0.15, -0.1) is 0 Å². The van der Waals surface area contributed by atoms with Gasteiger partial charge in [-0.05, 0) is 13.8 Å². The average Bonchev–Trinajstić information content (AvgIpc) is 3.15. The van der Waals surface area contributed by atoms with Gasteiger partial charge in [0.25, 0.3) is 11.6 Å². The molecule has 3 saturated heterocycles. The van der Waals surface area contributed by atoms with Gasteiger partial charge >= 0.3 is 48.0 Å². The van der Waals surface area contributed by atoms with Gasteiger partial charge in [-0.1, -0.05) is 0 Å². The number of alkyl carbamates (subject to hydrolysis) is 2. The summed E-state index contributed by atoms with van der Waals surface area (Å²) >= 11 is 0. The van der Waals surface area contributed by atoms with Crippen molar-refractivity contribution < 1.29 is 105 Å². The molecule has 0 aromatic rings. The van der Waals surface area contributed by atoms with Crippen LogP contribution in [0.1, 0.15) is 55.4 Å². The molecule has 0 saturated carbocycles. The zero-order chi connectivity index (χ0) is 43.9. The van der Waals surface area contributed by atoms with Gasteiger partial charge in [0.1, 0.15) is 12.7 Å². The summed E-state index contributed by atoms with van der Waals surface area (Å²) in [5, 5.41) is 4.90. The van der Waals surface area contributed by atoms with Gasteiger partial charge in [-0.3, -0.25) is 19.2 Å². The van der Waals surface area contributed by atoms with E-state index in [1.165, 1.54) is 13.8 Å². The molecule has 0 aliphatic carbocycles. The minimum absolute atomic E-state index is 0.0802. The van der Waals surface area contributed by atoms with E-state index in [9.17, 15) is 38.4 Å². The highest BCUT2D eigenvalue weighted by molar-refractivity contribution is 5.78. The first-order valence-corrected chi connectivity index (χ1v) is 18.5. The maximum absolute atomic E-state index is 13.0. The van der Waals surface area contributed by atoms with E-state index in [1.807, 2.05) is 0 Å². The molecule has 59 heavy (non-hydrogen) atoms. The fourth-order valence-electron chi connectivity index (χ4n) is 5.52. The first-order valence-electron chi connectivity index (χ1n) is 18.5. The molecule has 3 heterocycles. The van der Waals surface area contributed by atoms with Crippen molar-refractivity contribution in [1.29, 1.82) is 0 Å². The Labute approximate surface area is 338 Å². The number of hydrogen-bond acceptors (Lipinski definition) is 22. The monoisotopic (exact) mass is 852 g/mol. The molecule has 24 heteroatoms. The molecule has 0 spiro atoms. The first kappa shape index (κ1) is 48.5. The van der Waals surface area contributed by atoms with E-state index >= 15 is 0 Å². The second kappa shape index (κ2) is 22.5. The molecule has 3 rings (SSSR count). The van der Waals surface area contributed by atoms with Crippen LogP contribution in [0.15, 0.2) is 0 Å². The van der Waals surface area contributed by atoms with Crippen LogP contribution in [0.3, 0.4) is 0 Å². The predicted molar refractivity (Wildman–Crippen MR) is 187 cm³/mol. The van der Waals surface area contributed by atoms with Crippen molar-refractivity contribution in [2.45, 2.75) is 116 Å². The SMILES string of the molecule is CCOC(=O)C1(C)OCC(OC(=O)NCC(CNC(=O)OC2COC(C)(C(=O)OCC)OC2)O[C@H]2O[C@H](COC(C)=O)[C@@H](OC(C)=O)[C@H](OC(C)=O)[C@H]2OC(C)=O)CO1. The van der Waals surface area contributed by atoms with Crippen LogP contribution in [0.4, 0.5) is 9.59 Å². The molecule has 0 bridgehead atoms. The van der Waals surface area contributed by atoms with Gasteiger partial charge in [-0.25, -0.2) is 19.2 Å². The second-order valence-electron chi connectivity index (χ2n) is 13.2. The third-order valence-electron chi connectivity index (χ3n) is 8.24. The fraction of sp³-hybridized carbons (Fsp3) is 0.771. The maximum Gasteiger partial charge on any atom is 0.407 e. The summed E-state index contributed by atoms with van der Waals surface area (Å²) in [6.07, 6.45) is -13.1. The van der Waals surface area contributed by atoms with E-state index in [4.69, 9.17) is 66.3 Å². The normalized spacial score (nSPS) is 29.6. The molecule has 3 aliphatic rings. The molecule has 5 atom stereocenters. The Hall–Kier alpha value is -4.88. The summed E-state index contributed by atoms with van der Waals surface area (Å²) < 4.78 is 75.9. The van der Waals surface area contributed by atoms with Crippen LogP contribution in [0, 0.1) is 0 Å². The van der Waals surface area contributed by atoms with Crippen LogP contribution in [-0.4, -0.2) is 168 Å². The highest BCUT2D eigenvalue weighted by Gasteiger charge is 2.53. The fourth-order valence-corrected chi connectivity index (χ4v) is 5.52. The van der Waals surface area contributed by atoms with Gasteiger partial charge in [0.05, 0.1) is 45.7 Å². The molecule has 0 aromatic carbocycles. The second-order valence-corrected chi connectivity index (χ2v) is 13.2. The van der Waals surface area contributed by atoms with Crippen LogP contribution in [0.2, 0.25) is 0 Å². The van der Waals surface area contributed by atoms with Crippen molar-refractivity contribution in [3.8, 4) is 0 Å². The predicted octanol–water partition coefficient (Wildman–Crippen LogP) is -0.703. The molecule has 2 amide bonds. The first-order chi connectivity index (χ1) is 27.8. The van der Waals surface area contributed by atoms with Crippen molar-refractivity contribution in [2.24, 2.45) is 0 Å². The molecule has 0 unspecified atom stereocenters. The lowest BCUT2D eigenvalue weighted by Crippen LogP contribution is -2.64. The maximum atomic E-state index is 13.0. The van der Waals surface area contributed by atoms with Crippen LogP contribution >= 0.6 is 0 Å². The van der Waals surface area contributed by atoms with Gasteiger partial charge in [0.2, 0.25) is 0 Å². The number of hydrogen-bond donors (Lipinski definition) is 2. The number of carbonyl (C=O) groups is 8. The highest BCUT2D eigenvalue weighted by Crippen LogP contribution is 2.31. The summed E-state index contributed by atoms with van der Waals surface area (Å²) in [5.74, 6) is -8.37. The van der Waals surface area contributed by atoms with Crippen LogP contribution < -0.4 is 10.6 Å². The largest absolute Gasteiger partial charge is 0.463 e. The Morgan fingerprint density at radius 3 is 1.37 bits per heavy atom. The molecule has 0 radical (unpaired) electrons. The van der Waals surface area contributed by atoms with Crippen molar-refractivity contribution in [1.82, 2.24) is 10.6 Å². The minimum atomic E-state index is -1.72. The lowest BCUT2D eigenvalue weighted by molar-refractivity contribution is -0.316. The Bertz CT molecular complexity index is 1430. The van der Waals surface area contributed by atoms with E-state index < -0.39 is 128 Å². The Kier molecular flexibility index (Phi) is 18.5. The standard InChI is InChI=1S/C35H52N2O22/c1-9-46-30(42)34(7)49-13-23(14-50-34)57-32(44)36-11-22(12-37-33(45)58-24-15-51-35(8,52-16-24)31(43)47-10-2)56-29-28(55-21(6)41)27(54-20(5)40)26(53-19(4)39)25(59-29)17-48-18(3)38/h22-29H,9-17H2,1-8H3,(H,36,44)(H,37,45)/t22?,23?,24?,25-,26-,27+,28-,29+,34?,35?/m1/s1. The van der Waals surface area contributed by atoms with E-state index in [0.717, 1.165) is 27.7 Å². The third-order valence-corrected chi connectivity index (χ3v) is 8.24. The summed E-state index contributed by atoms with van der Waals surface area (Å²) in [6, 6.07) is 0. The zero-order valence-corrected chi connectivity index (χ0v) is 34.0. The molecule has 334 valence electrons. The molecule has 24 nitrogen and oxygen atoms in total. The van der Waals surface area contributed by atoms with E-state index in [-0.39, 0.29) is 39.6 Å². The Balaban J connectivity index is 1.80. The molecule has 3 fully saturated rings. The highest BCUT2D eigenvalue weighted by atomic mass is 16.8. The molecule has 3 aliphatic heterocycles. The molecule has 0 aromatic heterocycles. The summed E-state index contributed by atoms with van der Waals surface area (Å²) in [7, 11) is 0. The third kappa shape index (κ3) is 15.0. The van der Waals surface area contributed by atoms with Crippen molar-refractivity contribution >= 4 is 48.0 Å². The number of carbonyl (C=O) groups excluding carboxylic acids is 8. The van der Waals surface area contributed by atoms with Gasteiger partial charge < -0.3 is 76.9 Å². The van der Waals surface area contributed by atoms with Crippen LogP contribution in [0.25, 0.3) is 0 Å². The average molecular weight is 853 g/mol. The summed E-state index contributed by atoms with van der Waals surface area (Å²) in [5.41, 5.74) is 0. The topological polar surface area (TPSA) is 290 Å². The van der Waals surface area contributed by atoms with Gasteiger partial charge in [0.15, 0.2) is 36.8 Å². The molecule has 2 N–H and O–H groups in total. The van der Waals surface area contributed by atoms with Crippen molar-refractivity contribution in [2.75, 3.05) is 59.3 Å². The molecular weight excluding hydrogens is 800 g/mol. The summed E-state index contributed by atoms with van der Waals surface area (Å²) in [4.78, 5) is 98.8. The number of esters is 6. The quantitative estimate of drug-likeness (QED) is 0.135. The lowest BCUT2D eigenvalue weighted by Gasteiger charge is -2.44. The van der Waals surface area contributed by atoms with Gasteiger partial charge in [-0.2, -0.15) is 0 Å². The number of amides is 2. The Morgan fingerprint density at radius 1 is 0.576 bits per heavy atom. The van der Waals surface area contributed by atoms with E-state index in [0.29, 0.717) is 0 Å². The van der Waals surface area contributed by atoms with Crippen molar-refractivity contribution in [3.63, 3.8) is 0 Å². The van der Waals surface area contributed by atoms with E-state index in [2.05, 4.69) is 10.6 Å². The number of rotatable bonds is 17. The zero-order valence-electron chi connectivity index (χ0n) is 34.0. The number of nitrogens with one attached hydrogen (secondary N) is 2. The Morgan fingerprint density at radius 2 is 0.983 bits per heavy atom. The van der Waals surface area contributed by atoms with Crippen LogP contribution in [-0.2, 0) is 95.1 Å². The van der Waals surface area contributed by atoms with Gasteiger partial charge in [0, 0.05) is 54.6 Å². The van der Waals surface area contributed by atoms with Crippen LogP contribution in [0.5, 0.6) is 0 Å².